The van der Waals surface area contributed by atoms with Crippen molar-refractivity contribution < 1.29 is 4.79 Å². The molecule has 1 aliphatic carbocycles. The van der Waals surface area contributed by atoms with Crippen molar-refractivity contribution in [3.8, 4) is 0 Å². The van der Waals surface area contributed by atoms with Crippen LogP contribution in [0.1, 0.15) is 43.7 Å². The second-order valence-corrected chi connectivity index (χ2v) is 7.70. The van der Waals surface area contributed by atoms with Crippen LogP contribution in [-0.2, 0) is 7.05 Å². The van der Waals surface area contributed by atoms with Gasteiger partial charge >= 0.3 is 6.03 Å². The fourth-order valence-corrected chi connectivity index (χ4v) is 4.14. The molecule has 2 N–H and O–H groups in total. The summed E-state index contributed by atoms with van der Waals surface area (Å²) in [5, 5.41) is 10.4. The molecule has 0 unspecified atom stereocenters. The third-order valence-corrected chi connectivity index (χ3v) is 5.58. The minimum atomic E-state index is -0.0611. The van der Waals surface area contributed by atoms with Crippen LogP contribution in [0.4, 0.5) is 4.79 Å². The lowest BCUT2D eigenvalue weighted by atomic mass is 10.1. The minimum Gasteiger partial charge on any atom is -0.336 e. The monoisotopic (exact) mass is 348 g/mol. The molecule has 2 fully saturated rings. The Hall–Kier alpha value is -1.60. The first-order valence-corrected chi connectivity index (χ1v) is 9.46. The maximum absolute atomic E-state index is 12.3. The molecule has 0 spiro atoms. The third kappa shape index (κ3) is 4.73. The Kier molecular flexibility index (Phi) is 5.96. The van der Waals surface area contributed by atoms with Gasteiger partial charge in [0.1, 0.15) is 0 Å². The number of nitrogens with one attached hydrogen (secondary N) is 2. The fraction of sp³-hybridized carbons (Fsp3) is 0.778. The first-order valence-electron chi connectivity index (χ1n) is 9.46. The topological polar surface area (TPSA) is 65.4 Å². The van der Waals surface area contributed by atoms with Crippen LogP contribution in [0.2, 0.25) is 0 Å². The van der Waals surface area contributed by atoms with Crippen molar-refractivity contribution in [3.63, 3.8) is 0 Å². The predicted octanol–water partition coefficient (Wildman–Crippen LogP) is 1.34. The van der Waals surface area contributed by atoms with Crippen molar-refractivity contribution in [2.24, 2.45) is 7.05 Å². The Labute approximate surface area is 150 Å². The van der Waals surface area contributed by atoms with Crippen LogP contribution in [-0.4, -0.2) is 71.4 Å². The van der Waals surface area contributed by atoms with Gasteiger partial charge in [0.15, 0.2) is 0 Å². The summed E-state index contributed by atoms with van der Waals surface area (Å²) in [6.07, 6.45) is 10.3. The summed E-state index contributed by atoms with van der Waals surface area (Å²) in [6.45, 7) is 2.69. The highest BCUT2D eigenvalue weighted by molar-refractivity contribution is 5.74. The standard InChI is InChI=1S/C18H32N6O/c1-22(2)17(14-10-20-23(3)12-14)11-19-18(25)21-15-8-9-24(13-15)16-6-4-5-7-16/h10,12,15-17H,4-9,11,13H2,1-3H3,(H2,19,21,25)/t15-,17+/m0/s1. The number of urea groups is 1. The number of carbonyl (C=O) groups is 1. The SMILES string of the molecule is CN(C)[C@H](CNC(=O)N[C@H]1CCN(C2CCCC2)C1)c1cnn(C)c1. The van der Waals surface area contributed by atoms with E-state index in [-0.39, 0.29) is 18.1 Å². The lowest BCUT2D eigenvalue weighted by Gasteiger charge is -2.25. The molecule has 0 bridgehead atoms. The van der Waals surface area contributed by atoms with E-state index in [1.807, 2.05) is 33.5 Å². The van der Waals surface area contributed by atoms with Gasteiger partial charge in [-0.2, -0.15) is 5.10 Å². The molecular formula is C18H32N6O. The van der Waals surface area contributed by atoms with Crippen LogP contribution < -0.4 is 10.6 Å². The van der Waals surface area contributed by atoms with Gasteiger partial charge < -0.3 is 15.5 Å². The van der Waals surface area contributed by atoms with Gasteiger partial charge in [-0.3, -0.25) is 9.58 Å². The third-order valence-electron chi connectivity index (χ3n) is 5.58. The Morgan fingerprint density at radius 2 is 2.12 bits per heavy atom. The van der Waals surface area contributed by atoms with Gasteiger partial charge in [-0.05, 0) is 33.4 Å². The number of aryl methyl sites for hydroxylation is 1. The lowest BCUT2D eigenvalue weighted by molar-refractivity contribution is 0.223. The number of hydrogen-bond donors (Lipinski definition) is 2. The molecule has 25 heavy (non-hydrogen) atoms. The van der Waals surface area contributed by atoms with Crippen LogP contribution >= 0.6 is 0 Å². The Bertz CT molecular complexity index is 566. The van der Waals surface area contributed by atoms with Crippen LogP contribution in [0, 0.1) is 0 Å². The van der Waals surface area contributed by atoms with Gasteiger partial charge in [0.25, 0.3) is 0 Å². The fourth-order valence-electron chi connectivity index (χ4n) is 4.14. The lowest BCUT2D eigenvalue weighted by Crippen LogP contribution is -2.46. The molecule has 7 nitrogen and oxygen atoms in total. The van der Waals surface area contributed by atoms with Gasteiger partial charge in [-0.1, -0.05) is 12.8 Å². The molecule has 2 heterocycles. The normalized spacial score (nSPS) is 23.3. The smallest absolute Gasteiger partial charge is 0.315 e. The Balaban J connectivity index is 1.44. The van der Waals surface area contributed by atoms with Crippen LogP contribution in [0.3, 0.4) is 0 Å². The van der Waals surface area contributed by atoms with Crippen LogP contribution in [0.15, 0.2) is 12.4 Å². The Morgan fingerprint density at radius 1 is 1.36 bits per heavy atom. The summed E-state index contributed by atoms with van der Waals surface area (Å²) in [6, 6.07) is 1.09. The van der Waals surface area contributed by atoms with E-state index in [0.29, 0.717) is 6.54 Å². The number of nitrogens with zero attached hydrogens (tertiary/aromatic N) is 4. The van der Waals surface area contributed by atoms with E-state index in [1.54, 1.807) is 4.68 Å². The molecule has 7 heteroatoms. The van der Waals surface area contributed by atoms with Crippen molar-refractivity contribution in [2.45, 2.75) is 50.2 Å². The number of likely N-dealkylation sites (tertiary alicyclic amines) is 1. The molecule has 1 aliphatic heterocycles. The van der Waals surface area contributed by atoms with Gasteiger partial charge in [-0.15, -0.1) is 0 Å². The van der Waals surface area contributed by atoms with Gasteiger partial charge in [-0.25, -0.2) is 4.79 Å². The maximum atomic E-state index is 12.3. The molecule has 2 aliphatic rings. The maximum Gasteiger partial charge on any atom is 0.315 e. The number of aromatic nitrogens is 2. The molecule has 1 aromatic rings. The number of likely N-dealkylation sites (N-methyl/N-ethyl adjacent to an activating group) is 1. The van der Waals surface area contributed by atoms with E-state index in [4.69, 9.17) is 0 Å². The molecule has 1 saturated heterocycles. The number of amides is 2. The first kappa shape index (κ1) is 18.2. The molecular weight excluding hydrogens is 316 g/mol. The highest BCUT2D eigenvalue weighted by Crippen LogP contribution is 2.26. The van der Waals surface area contributed by atoms with E-state index in [0.717, 1.165) is 31.1 Å². The molecule has 1 aromatic heterocycles. The average Bonchev–Trinajstić information content (AvgIpc) is 3.28. The summed E-state index contributed by atoms with van der Waals surface area (Å²) < 4.78 is 1.79. The quantitative estimate of drug-likeness (QED) is 0.814. The van der Waals surface area contributed by atoms with Crippen LogP contribution in [0.5, 0.6) is 0 Å². The van der Waals surface area contributed by atoms with E-state index >= 15 is 0 Å². The zero-order chi connectivity index (χ0) is 17.8. The Morgan fingerprint density at radius 3 is 2.76 bits per heavy atom. The molecule has 1 saturated carbocycles. The minimum absolute atomic E-state index is 0.0611. The summed E-state index contributed by atoms with van der Waals surface area (Å²) in [5.74, 6) is 0. The molecule has 0 aromatic carbocycles. The van der Waals surface area contributed by atoms with Crippen molar-refractivity contribution in [2.75, 3.05) is 33.7 Å². The van der Waals surface area contributed by atoms with Gasteiger partial charge in [0, 0.05) is 50.5 Å². The van der Waals surface area contributed by atoms with E-state index in [9.17, 15) is 4.79 Å². The second-order valence-electron chi connectivity index (χ2n) is 7.70. The molecule has 2 atom stereocenters. The summed E-state index contributed by atoms with van der Waals surface area (Å²) in [5.41, 5.74) is 1.11. The van der Waals surface area contributed by atoms with Crippen molar-refractivity contribution >= 4 is 6.03 Å². The number of carbonyl (C=O) groups excluding carboxylic acids is 1. The average molecular weight is 348 g/mol. The molecule has 2 amide bonds. The second kappa shape index (κ2) is 8.19. The summed E-state index contributed by atoms with van der Waals surface area (Å²) in [7, 11) is 5.95. The highest BCUT2D eigenvalue weighted by Gasteiger charge is 2.30. The highest BCUT2D eigenvalue weighted by atomic mass is 16.2. The molecule has 0 radical (unpaired) electrons. The zero-order valence-corrected chi connectivity index (χ0v) is 15.7. The van der Waals surface area contributed by atoms with Gasteiger partial charge in [0.2, 0.25) is 0 Å². The largest absolute Gasteiger partial charge is 0.336 e. The van der Waals surface area contributed by atoms with Crippen molar-refractivity contribution in [3.05, 3.63) is 18.0 Å². The zero-order valence-electron chi connectivity index (χ0n) is 15.7. The van der Waals surface area contributed by atoms with Crippen LogP contribution in [0.25, 0.3) is 0 Å². The summed E-state index contributed by atoms with van der Waals surface area (Å²) in [4.78, 5) is 17.0. The summed E-state index contributed by atoms with van der Waals surface area (Å²) >= 11 is 0. The van der Waals surface area contributed by atoms with Gasteiger partial charge in [0.05, 0.1) is 12.2 Å². The van der Waals surface area contributed by atoms with Crippen molar-refractivity contribution in [1.29, 1.82) is 0 Å². The first-order chi connectivity index (χ1) is 12.0. The van der Waals surface area contributed by atoms with E-state index < -0.39 is 0 Å². The molecule has 3 rings (SSSR count). The van der Waals surface area contributed by atoms with Crippen molar-refractivity contribution in [1.82, 2.24) is 30.2 Å². The van der Waals surface area contributed by atoms with E-state index in [1.165, 1.54) is 25.7 Å². The number of hydrogen-bond acceptors (Lipinski definition) is 4. The van der Waals surface area contributed by atoms with E-state index in [2.05, 4.69) is 25.5 Å². The number of rotatable bonds is 6. The predicted molar refractivity (Wildman–Crippen MR) is 98.4 cm³/mol. The molecule has 140 valence electrons.